The molecular formula is C20H18N2O4S. The van der Waals surface area contributed by atoms with Crippen LogP contribution in [0, 0.1) is 12.3 Å². The fraction of sp³-hybridized carbons (Fsp3) is 0.100. The van der Waals surface area contributed by atoms with E-state index < -0.39 is 21.8 Å². The van der Waals surface area contributed by atoms with Gasteiger partial charge in [-0.1, -0.05) is 48.0 Å². The van der Waals surface area contributed by atoms with Crippen molar-refractivity contribution in [1.82, 2.24) is 0 Å². The SMILES string of the molecule is Cc1cccc(C(=O)OS(=O)(=O)Cc2ccc3cc(C(=N)N)ccc3c2)c1. The smallest absolute Gasteiger partial charge is 0.353 e. The molecule has 27 heavy (non-hydrogen) atoms. The first-order valence-electron chi connectivity index (χ1n) is 8.14. The topological polar surface area (TPSA) is 110 Å². The standard InChI is InChI=1S/C20H18N2O4S/c1-13-3-2-4-18(9-13)20(23)26-27(24,25)12-14-5-6-16-11-17(19(21)22)8-7-15(16)10-14/h2-11H,12H2,1H3,(H3,21,22). The van der Waals surface area contributed by atoms with Crippen LogP contribution in [-0.4, -0.2) is 20.2 Å². The Morgan fingerprint density at radius 1 is 1.00 bits per heavy atom. The average molecular weight is 382 g/mol. The summed E-state index contributed by atoms with van der Waals surface area (Å²) in [4.78, 5) is 12.1. The third-order valence-electron chi connectivity index (χ3n) is 4.02. The highest BCUT2D eigenvalue weighted by atomic mass is 32.2. The second-order valence-electron chi connectivity index (χ2n) is 6.25. The lowest BCUT2D eigenvalue weighted by Gasteiger charge is -2.08. The van der Waals surface area contributed by atoms with Crippen molar-refractivity contribution in [3.05, 3.63) is 82.9 Å². The molecule has 0 aromatic heterocycles. The molecule has 6 nitrogen and oxygen atoms in total. The zero-order chi connectivity index (χ0) is 19.6. The number of aryl methyl sites for hydroxylation is 1. The van der Waals surface area contributed by atoms with Gasteiger partial charge in [0.05, 0.1) is 5.56 Å². The summed E-state index contributed by atoms with van der Waals surface area (Å²) in [7, 11) is -4.09. The summed E-state index contributed by atoms with van der Waals surface area (Å²) in [6.45, 7) is 1.80. The third-order valence-corrected chi connectivity index (χ3v) is 5.11. The van der Waals surface area contributed by atoms with E-state index in [0.29, 0.717) is 11.1 Å². The van der Waals surface area contributed by atoms with Gasteiger partial charge in [-0.2, -0.15) is 8.42 Å². The minimum absolute atomic E-state index is 0.0355. The van der Waals surface area contributed by atoms with Crippen LogP contribution in [0.1, 0.15) is 27.0 Å². The first kappa shape index (κ1) is 18.6. The first-order chi connectivity index (χ1) is 12.7. The van der Waals surface area contributed by atoms with Crippen LogP contribution in [0.3, 0.4) is 0 Å². The summed E-state index contributed by atoms with van der Waals surface area (Å²) in [6.07, 6.45) is 0. The maximum atomic E-state index is 12.3. The van der Waals surface area contributed by atoms with Crippen molar-refractivity contribution in [2.45, 2.75) is 12.7 Å². The lowest BCUT2D eigenvalue weighted by Crippen LogP contribution is -2.15. The van der Waals surface area contributed by atoms with Gasteiger partial charge in [0.1, 0.15) is 11.6 Å². The van der Waals surface area contributed by atoms with Crippen LogP contribution in [0.25, 0.3) is 10.8 Å². The normalized spacial score (nSPS) is 11.3. The number of amidine groups is 1. The number of nitrogens with one attached hydrogen (secondary N) is 1. The van der Waals surface area contributed by atoms with Gasteiger partial charge in [-0.05, 0) is 41.5 Å². The van der Waals surface area contributed by atoms with Gasteiger partial charge in [0.2, 0.25) is 0 Å². The number of rotatable bonds is 5. The van der Waals surface area contributed by atoms with Crippen molar-refractivity contribution in [3.8, 4) is 0 Å². The molecule has 0 atom stereocenters. The van der Waals surface area contributed by atoms with E-state index in [1.807, 2.05) is 0 Å². The van der Waals surface area contributed by atoms with Crippen LogP contribution >= 0.6 is 0 Å². The van der Waals surface area contributed by atoms with E-state index in [2.05, 4.69) is 0 Å². The Bertz CT molecular complexity index is 1150. The highest BCUT2D eigenvalue weighted by Gasteiger charge is 2.19. The fourth-order valence-electron chi connectivity index (χ4n) is 2.72. The second-order valence-corrected chi connectivity index (χ2v) is 7.82. The van der Waals surface area contributed by atoms with Gasteiger partial charge >= 0.3 is 16.1 Å². The molecule has 0 aliphatic rings. The largest absolute Gasteiger partial charge is 0.384 e. The maximum absolute atomic E-state index is 12.3. The van der Waals surface area contributed by atoms with E-state index in [4.69, 9.17) is 15.3 Å². The van der Waals surface area contributed by atoms with E-state index in [1.54, 1.807) is 61.5 Å². The Labute approximate surface area is 157 Å². The lowest BCUT2D eigenvalue weighted by atomic mass is 10.0. The summed E-state index contributed by atoms with van der Waals surface area (Å²) in [5, 5.41) is 9.11. The van der Waals surface area contributed by atoms with Gasteiger partial charge in [-0.25, -0.2) is 4.79 Å². The van der Waals surface area contributed by atoms with Crippen LogP contribution in [0.5, 0.6) is 0 Å². The summed E-state index contributed by atoms with van der Waals surface area (Å²) in [5.74, 6) is -1.35. The Morgan fingerprint density at radius 3 is 2.41 bits per heavy atom. The van der Waals surface area contributed by atoms with Crippen molar-refractivity contribution in [1.29, 1.82) is 5.41 Å². The predicted octanol–water partition coefficient (Wildman–Crippen LogP) is 3.12. The maximum Gasteiger partial charge on any atom is 0.353 e. The number of nitrogen functional groups attached to an aromatic ring is 1. The van der Waals surface area contributed by atoms with Crippen molar-refractivity contribution in [3.63, 3.8) is 0 Å². The van der Waals surface area contributed by atoms with E-state index in [0.717, 1.165) is 16.3 Å². The van der Waals surface area contributed by atoms with E-state index in [9.17, 15) is 13.2 Å². The molecule has 0 saturated carbocycles. The zero-order valence-electron chi connectivity index (χ0n) is 14.6. The van der Waals surface area contributed by atoms with Gasteiger partial charge in [-0.3, -0.25) is 5.41 Å². The Hall–Kier alpha value is -3.19. The molecule has 3 rings (SSSR count). The van der Waals surface area contributed by atoms with E-state index >= 15 is 0 Å². The molecule has 0 unspecified atom stereocenters. The van der Waals surface area contributed by atoms with Crippen LogP contribution in [0.4, 0.5) is 0 Å². The fourth-order valence-corrected chi connectivity index (χ4v) is 3.70. The summed E-state index contributed by atoms with van der Waals surface area (Å²) < 4.78 is 29.3. The van der Waals surface area contributed by atoms with Crippen LogP contribution in [0.2, 0.25) is 0 Å². The van der Waals surface area contributed by atoms with Crippen molar-refractivity contribution in [2.24, 2.45) is 5.73 Å². The number of nitrogens with two attached hydrogens (primary N) is 1. The number of hydrogen-bond donors (Lipinski definition) is 2. The molecule has 0 bridgehead atoms. The number of carbonyl (C=O) groups is 1. The highest BCUT2D eigenvalue weighted by Crippen LogP contribution is 2.20. The summed E-state index contributed by atoms with van der Waals surface area (Å²) >= 11 is 0. The number of carbonyl (C=O) groups excluding carboxylic acids is 1. The Balaban J connectivity index is 1.79. The van der Waals surface area contributed by atoms with E-state index in [-0.39, 0.29) is 11.4 Å². The number of fused-ring (bicyclic) bond motifs is 1. The molecule has 7 heteroatoms. The number of hydrogen-bond acceptors (Lipinski definition) is 5. The summed E-state index contributed by atoms with van der Waals surface area (Å²) in [6, 6.07) is 16.9. The third kappa shape index (κ3) is 4.51. The highest BCUT2D eigenvalue weighted by molar-refractivity contribution is 7.86. The van der Waals surface area contributed by atoms with Crippen LogP contribution < -0.4 is 5.73 Å². The van der Waals surface area contributed by atoms with Gasteiger partial charge in [0.25, 0.3) is 0 Å². The molecule has 0 radical (unpaired) electrons. The zero-order valence-corrected chi connectivity index (χ0v) is 15.4. The Morgan fingerprint density at radius 2 is 1.70 bits per heavy atom. The van der Waals surface area contributed by atoms with Crippen molar-refractivity contribution < 1.29 is 17.4 Å². The minimum atomic E-state index is -4.09. The molecule has 0 aliphatic heterocycles. The lowest BCUT2D eigenvalue weighted by molar-refractivity contribution is 0.0746. The molecule has 138 valence electrons. The van der Waals surface area contributed by atoms with Crippen LogP contribution in [0.15, 0.2) is 60.7 Å². The molecule has 3 aromatic carbocycles. The molecule has 3 aromatic rings. The molecule has 0 fully saturated rings. The average Bonchev–Trinajstić information content (AvgIpc) is 2.60. The predicted molar refractivity (Wildman–Crippen MR) is 104 cm³/mol. The monoisotopic (exact) mass is 382 g/mol. The molecule has 0 aliphatic carbocycles. The number of benzene rings is 3. The molecule has 0 spiro atoms. The second kappa shape index (κ2) is 7.20. The van der Waals surface area contributed by atoms with E-state index in [1.165, 1.54) is 6.07 Å². The van der Waals surface area contributed by atoms with Crippen molar-refractivity contribution >= 4 is 32.7 Å². The molecule has 0 saturated heterocycles. The quantitative estimate of drug-likeness (QED) is 0.400. The van der Waals surface area contributed by atoms with Crippen LogP contribution in [-0.2, 0) is 20.1 Å². The van der Waals surface area contributed by atoms with Crippen molar-refractivity contribution in [2.75, 3.05) is 0 Å². The first-order valence-corrected chi connectivity index (χ1v) is 9.71. The van der Waals surface area contributed by atoms with Gasteiger partial charge in [0, 0.05) is 5.56 Å². The molecule has 0 amide bonds. The van der Waals surface area contributed by atoms with Gasteiger partial charge < -0.3 is 9.92 Å². The van der Waals surface area contributed by atoms with Gasteiger partial charge in [-0.15, -0.1) is 0 Å². The molecular weight excluding hydrogens is 364 g/mol. The molecule has 3 N–H and O–H groups in total. The minimum Gasteiger partial charge on any atom is -0.384 e. The Kier molecular flexibility index (Phi) is 4.96. The summed E-state index contributed by atoms with van der Waals surface area (Å²) in [5.41, 5.74) is 7.59. The molecule has 0 heterocycles. The van der Waals surface area contributed by atoms with Gasteiger partial charge in [0.15, 0.2) is 0 Å².